The predicted octanol–water partition coefficient (Wildman–Crippen LogP) is 2.56. The van der Waals surface area contributed by atoms with Gasteiger partial charge in [-0.25, -0.2) is 4.79 Å². The molecule has 0 radical (unpaired) electrons. The lowest BCUT2D eigenvalue weighted by molar-refractivity contribution is 0.214. The number of methoxy groups -OCH3 is 3. The number of carbonyl (C=O) groups excluding carboxylic acids is 1. The molecule has 1 aliphatic heterocycles. The van der Waals surface area contributed by atoms with E-state index in [9.17, 15) is 4.79 Å². The summed E-state index contributed by atoms with van der Waals surface area (Å²) in [6, 6.07) is 11.2. The topological polar surface area (TPSA) is 78.1 Å². The molecule has 1 atom stereocenters. The molecule has 7 heteroatoms. The third kappa shape index (κ3) is 4.79. The van der Waals surface area contributed by atoms with Crippen LogP contribution in [0.25, 0.3) is 0 Å². The van der Waals surface area contributed by atoms with E-state index in [4.69, 9.17) is 18.9 Å². The average molecular weight is 386 g/mol. The molecule has 0 spiro atoms. The van der Waals surface area contributed by atoms with Crippen molar-refractivity contribution in [2.24, 2.45) is 0 Å². The van der Waals surface area contributed by atoms with Crippen molar-refractivity contribution in [3.05, 3.63) is 47.5 Å². The lowest BCUT2D eigenvalue weighted by atomic mass is 10.0. The molecule has 2 aromatic rings. The number of urea groups is 1. The van der Waals surface area contributed by atoms with E-state index in [1.807, 2.05) is 36.4 Å². The molecular formula is C21H26N2O5. The van der Waals surface area contributed by atoms with Crippen LogP contribution in [0.15, 0.2) is 36.4 Å². The van der Waals surface area contributed by atoms with E-state index in [1.54, 1.807) is 21.3 Å². The number of carbonyl (C=O) groups is 1. The molecule has 0 fully saturated rings. The summed E-state index contributed by atoms with van der Waals surface area (Å²) < 4.78 is 21.5. The summed E-state index contributed by atoms with van der Waals surface area (Å²) in [5.41, 5.74) is 2.08. The zero-order valence-corrected chi connectivity index (χ0v) is 16.4. The Kier molecular flexibility index (Phi) is 6.47. The molecule has 7 nitrogen and oxygen atoms in total. The molecule has 1 heterocycles. The second-order valence-corrected chi connectivity index (χ2v) is 6.53. The highest BCUT2D eigenvalue weighted by molar-refractivity contribution is 5.74. The molecule has 0 saturated heterocycles. The highest BCUT2D eigenvalue weighted by atomic mass is 16.5. The number of ether oxygens (including phenoxy) is 4. The van der Waals surface area contributed by atoms with Crippen LogP contribution in [-0.4, -0.2) is 46.6 Å². The number of benzene rings is 2. The van der Waals surface area contributed by atoms with Crippen molar-refractivity contribution in [3.8, 4) is 23.0 Å². The maximum absolute atomic E-state index is 12.2. The number of rotatable bonds is 7. The van der Waals surface area contributed by atoms with Gasteiger partial charge in [0.1, 0.15) is 18.1 Å². The first kappa shape index (κ1) is 19.7. The zero-order chi connectivity index (χ0) is 19.9. The van der Waals surface area contributed by atoms with Crippen molar-refractivity contribution in [3.63, 3.8) is 0 Å². The van der Waals surface area contributed by atoms with E-state index in [1.165, 1.54) is 0 Å². The molecule has 2 amide bonds. The highest BCUT2D eigenvalue weighted by Gasteiger charge is 2.21. The molecule has 28 heavy (non-hydrogen) atoms. The van der Waals surface area contributed by atoms with Crippen LogP contribution in [0.2, 0.25) is 0 Å². The van der Waals surface area contributed by atoms with Crippen molar-refractivity contribution >= 4 is 6.03 Å². The molecule has 1 unspecified atom stereocenters. The standard InChI is InChI=1S/C21H26N2O5/c1-25-17-5-7-18-15(12-17)11-16(13-28-18)23-21(24)22-9-8-14-4-6-19(26-2)20(10-14)27-3/h4-7,10,12,16H,8-9,11,13H2,1-3H3,(H2,22,23,24). The van der Waals surface area contributed by atoms with Crippen LogP contribution in [0, 0.1) is 0 Å². The van der Waals surface area contributed by atoms with E-state index in [2.05, 4.69) is 10.6 Å². The van der Waals surface area contributed by atoms with Crippen LogP contribution in [-0.2, 0) is 12.8 Å². The summed E-state index contributed by atoms with van der Waals surface area (Å²) in [5.74, 6) is 2.99. The number of amides is 2. The molecule has 0 saturated carbocycles. The van der Waals surface area contributed by atoms with Gasteiger partial charge in [0, 0.05) is 6.54 Å². The Morgan fingerprint density at radius 3 is 2.64 bits per heavy atom. The van der Waals surface area contributed by atoms with Gasteiger partial charge in [-0.2, -0.15) is 0 Å². The summed E-state index contributed by atoms with van der Waals surface area (Å²) >= 11 is 0. The van der Waals surface area contributed by atoms with Gasteiger partial charge in [0.25, 0.3) is 0 Å². The van der Waals surface area contributed by atoms with E-state index in [0.717, 1.165) is 22.6 Å². The molecule has 1 aliphatic rings. The molecule has 3 rings (SSSR count). The maximum atomic E-state index is 12.2. The van der Waals surface area contributed by atoms with Crippen molar-refractivity contribution in [1.82, 2.24) is 10.6 Å². The van der Waals surface area contributed by atoms with Gasteiger partial charge >= 0.3 is 6.03 Å². The molecule has 0 aliphatic carbocycles. The molecule has 2 N–H and O–H groups in total. The second kappa shape index (κ2) is 9.21. The molecule has 150 valence electrons. The van der Waals surface area contributed by atoms with Crippen molar-refractivity contribution < 1.29 is 23.7 Å². The first-order valence-corrected chi connectivity index (χ1v) is 9.18. The highest BCUT2D eigenvalue weighted by Crippen LogP contribution is 2.29. The Bertz CT molecular complexity index is 824. The van der Waals surface area contributed by atoms with Gasteiger partial charge in [-0.05, 0) is 54.3 Å². The summed E-state index contributed by atoms with van der Waals surface area (Å²) in [7, 11) is 4.84. The van der Waals surface area contributed by atoms with Gasteiger partial charge in [0.15, 0.2) is 11.5 Å². The minimum atomic E-state index is -0.208. The Morgan fingerprint density at radius 2 is 1.89 bits per heavy atom. The fourth-order valence-electron chi connectivity index (χ4n) is 3.18. The van der Waals surface area contributed by atoms with Gasteiger partial charge in [-0.3, -0.25) is 0 Å². The van der Waals surface area contributed by atoms with Gasteiger partial charge in [0.05, 0.1) is 27.4 Å². The molecule has 2 aromatic carbocycles. The predicted molar refractivity (Wildman–Crippen MR) is 106 cm³/mol. The van der Waals surface area contributed by atoms with Crippen LogP contribution < -0.4 is 29.6 Å². The number of hydrogen-bond donors (Lipinski definition) is 2. The van der Waals surface area contributed by atoms with Crippen LogP contribution >= 0.6 is 0 Å². The summed E-state index contributed by atoms with van der Waals surface area (Å²) in [5, 5.41) is 5.85. The number of hydrogen-bond acceptors (Lipinski definition) is 5. The van der Waals surface area contributed by atoms with Crippen molar-refractivity contribution in [1.29, 1.82) is 0 Å². The van der Waals surface area contributed by atoms with E-state index >= 15 is 0 Å². The molecule has 0 bridgehead atoms. The fourth-order valence-corrected chi connectivity index (χ4v) is 3.18. The number of nitrogens with one attached hydrogen (secondary N) is 2. The number of fused-ring (bicyclic) bond motifs is 1. The third-order valence-corrected chi connectivity index (χ3v) is 4.66. The summed E-state index contributed by atoms with van der Waals surface area (Å²) in [6.07, 6.45) is 1.39. The van der Waals surface area contributed by atoms with Crippen LogP contribution in [0.3, 0.4) is 0 Å². The minimum absolute atomic E-state index is 0.0827. The van der Waals surface area contributed by atoms with Gasteiger partial charge in [-0.15, -0.1) is 0 Å². The smallest absolute Gasteiger partial charge is 0.315 e. The van der Waals surface area contributed by atoms with E-state index in [-0.39, 0.29) is 12.1 Å². The van der Waals surface area contributed by atoms with Crippen molar-refractivity contribution in [2.45, 2.75) is 18.9 Å². The quantitative estimate of drug-likeness (QED) is 0.765. The Morgan fingerprint density at radius 1 is 1.07 bits per heavy atom. The molecule has 0 aromatic heterocycles. The monoisotopic (exact) mass is 386 g/mol. The van der Waals surface area contributed by atoms with Crippen LogP contribution in [0.1, 0.15) is 11.1 Å². The third-order valence-electron chi connectivity index (χ3n) is 4.66. The first-order chi connectivity index (χ1) is 13.6. The van der Waals surface area contributed by atoms with Gasteiger partial charge < -0.3 is 29.6 Å². The summed E-state index contributed by atoms with van der Waals surface area (Å²) in [4.78, 5) is 12.2. The first-order valence-electron chi connectivity index (χ1n) is 9.18. The fraction of sp³-hybridized carbons (Fsp3) is 0.381. The minimum Gasteiger partial charge on any atom is -0.497 e. The normalized spacial score (nSPS) is 15.0. The lowest BCUT2D eigenvalue weighted by Crippen LogP contribution is -2.47. The lowest BCUT2D eigenvalue weighted by Gasteiger charge is -2.26. The second-order valence-electron chi connectivity index (χ2n) is 6.53. The average Bonchev–Trinajstić information content (AvgIpc) is 2.73. The largest absolute Gasteiger partial charge is 0.497 e. The Hall–Kier alpha value is -3.09. The summed E-state index contributed by atoms with van der Waals surface area (Å²) in [6.45, 7) is 0.960. The van der Waals surface area contributed by atoms with Crippen LogP contribution in [0.5, 0.6) is 23.0 Å². The van der Waals surface area contributed by atoms with E-state index < -0.39 is 0 Å². The van der Waals surface area contributed by atoms with Gasteiger partial charge in [-0.1, -0.05) is 6.07 Å². The molecular weight excluding hydrogens is 360 g/mol. The maximum Gasteiger partial charge on any atom is 0.315 e. The van der Waals surface area contributed by atoms with Crippen LogP contribution in [0.4, 0.5) is 4.79 Å². The van der Waals surface area contributed by atoms with E-state index in [0.29, 0.717) is 37.5 Å². The Balaban J connectivity index is 1.47. The Labute approximate surface area is 164 Å². The van der Waals surface area contributed by atoms with Crippen molar-refractivity contribution in [2.75, 3.05) is 34.5 Å². The van der Waals surface area contributed by atoms with Gasteiger partial charge in [0.2, 0.25) is 0 Å². The SMILES string of the molecule is COc1ccc2c(c1)CC(NC(=O)NCCc1ccc(OC)c(OC)c1)CO2. The zero-order valence-electron chi connectivity index (χ0n) is 16.4.